The van der Waals surface area contributed by atoms with Gasteiger partial charge in [0.15, 0.2) is 11.5 Å². The maximum absolute atomic E-state index is 6.11. The molecule has 0 atom stereocenters. The third kappa shape index (κ3) is 3.94. The van der Waals surface area contributed by atoms with Crippen molar-refractivity contribution < 1.29 is 9.47 Å². The number of hydrogen-bond donors (Lipinski definition) is 0. The predicted molar refractivity (Wildman–Crippen MR) is 74.3 cm³/mol. The van der Waals surface area contributed by atoms with Crippen molar-refractivity contribution in [2.24, 2.45) is 0 Å². The fourth-order valence-electron chi connectivity index (χ4n) is 2.32. The summed E-state index contributed by atoms with van der Waals surface area (Å²) in [5.41, 5.74) is -0.188. The lowest BCUT2D eigenvalue weighted by Crippen LogP contribution is -2.24. The summed E-state index contributed by atoms with van der Waals surface area (Å²) in [6, 6.07) is 8.00. The minimum atomic E-state index is -0.188. The highest BCUT2D eigenvalue weighted by molar-refractivity contribution is 5.40. The molecule has 1 aromatic rings. The maximum atomic E-state index is 6.11. The molecule has 0 heterocycles. The monoisotopic (exact) mass is 248 g/mol. The van der Waals surface area contributed by atoms with Gasteiger partial charge in [0.25, 0.3) is 0 Å². The molecular formula is C16H24O2. The molecule has 1 aromatic carbocycles. The van der Waals surface area contributed by atoms with Gasteiger partial charge in [0.2, 0.25) is 0 Å². The second-order valence-electron chi connectivity index (χ2n) is 6.04. The first-order chi connectivity index (χ1) is 8.54. The topological polar surface area (TPSA) is 18.5 Å². The molecule has 0 radical (unpaired) electrons. The first kappa shape index (κ1) is 13.3. The van der Waals surface area contributed by atoms with E-state index in [1.165, 1.54) is 32.1 Å². The Morgan fingerprint density at radius 3 is 2.17 bits per heavy atom. The molecule has 0 aromatic heterocycles. The van der Waals surface area contributed by atoms with E-state index in [-0.39, 0.29) is 5.60 Å². The lowest BCUT2D eigenvalue weighted by Gasteiger charge is -2.27. The first-order valence-electron chi connectivity index (χ1n) is 6.99. The number of hydrogen-bond acceptors (Lipinski definition) is 2. The standard InChI is InChI=1S/C16H24O2/c1-16(2,3)18-15-12-8-7-11-14(15)17-13-9-5-4-6-10-13/h7-8,11-13H,4-6,9-10H2,1-3H3. The summed E-state index contributed by atoms with van der Waals surface area (Å²) in [6.07, 6.45) is 6.62. The average molecular weight is 248 g/mol. The minimum absolute atomic E-state index is 0.188. The first-order valence-corrected chi connectivity index (χ1v) is 6.99. The van der Waals surface area contributed by atoms with Crippen LogP contribution in [0.25, 0.3) is 0 Å². The van der Waals surface area contributed by atoms with E-state index in [0.29, 0.717) is 6.10 Å². The van der Waals surface area contributed by atoms with E-state index in [1.807, 2.05) is 24.3 Å². The summed E-state index contributed by atoms with van der Waals surface area (Å²) in [5, 5.41) is 0. The van der Waals surface area contributed by atoms with Crippen LogP contribution in [-0.4, -0.2) is 11.7 Å². The van der Waals surface area contributed by atoms with Crippen molar-refractivity contribution in [3.63, 3.8) is 0 Å². The maximum Gasteiger partial charge on any atom is 0.161 e. The van der Waals surface area contributed by atoms with Crippen LogP contribution in [0.3, 0.4) is 0 Å². The van der Waals surface area contributed by atoms with Crippen LogP contribution >= 0.6 is 0 Å². The summed E-state index contributed by atoms with van der Waals surface area (Å²) in [5.74, 6) is 1.75. The molecule has 2 heteroatoms. The summed E-state index contributed by atoms with van der Waals surface area (Å²) in [7, 11) is 0. The smallest absolute Gasteiger partial charge is 0.161 e. The fourth-order valence-corrected chi connectivity index (χ4v) is 2.32. The van der Waals surface area contributed by atoms with Gasteiger partial charge in [-0.2, -0.15) is 0 Å². The summed E-state index contributed by atoms with van der Waals surface area (Å²) >= 11 is 0. The molecule has 1 aliphatic rings. The third-order valence-corrected chi connectivity index (χ3v) is 3.11. The van der Waals surface area contributed by atoms with E-state index in [2.05, 4.69) is 20.8 Å². The van der Waals surface area contributed by atoms with Gasteiger partial charge >= 0.3 is 0 Å². The molecule has 2 rings (SSSR count). The number of ether oxygens (including phenoxy) is 2. The number of para-hydroxylation sites is 2. The van der Waals surface area contributed by atoms with Gasteiger partial charge in [0, 0.05) is 0 Å². The Morgan fingerprint density at radius 1 is 0.944 bits per heavy atom. The average Bonchev–Trinajstić information content (AvgIpc) is 2.31. The third-order valence-electron chi connectivity index (χ3n) is 3.11. The molecule has 1 saturated carbocycles. The Labute approximate surface area is 110 Å². The molecule has 0 N–H and O–H groups in total. The quantitative estimate of drug-likeness (QED) is 0.779. The van der Waals surface area contributed by atoms with Gasteiger partial charge in [-0.25, -0.2) is 0 Å². The zero-order valence-electron chi connectivity index (χ0n) is 11.7. The summed E-state index contributed by atoms with van der Waals surface area (Å²) in [6.45, 7) is 6.18. The zero-order chi connectivity index (χ0) is 13.0. The Balaban J connectivity index is 2.06. The van der Waals surface area contributed by atoms with E-state index in [9.17, 15) is 0 Å². The lowest BCUT2D eigenvalue weighted by atomic mass is 9.98. The Morgan fingerprint density at radius 2 is 1.56 bits per heavy atom. The molecule has 0 unspecified atom stereocenters. The van der Waals surface area contributed by atoms with Crippen LogP contribution < -0.4 is 9.47 Å². The summed E-state index contributed by atoms with van der Waals surface area (Å²) in [4.78, 5) is 0. The highest BCUT2D eigenvalue weighted by Crippen LogP contribution is 2.32. The Bertz CT molecular complexity index is 373. The van der Waals surface area contributed by atoms with Crippen LogP contribution in [0.5, 0.6) is 11.5 Å². The van der Waals surface area contributed by atoms with Crippen molar-refractivity contribution >= 4 is 0 Å². The van der Waals surface area contributed by atoms with Gasteiger partial charge in [-0.05, 0) is 58.6 Å². The number of rotatable bonds is 3. The van der Waals surface area contributed by atoms with Crippen molar-refractivity contribution in [3.8, 4) is 11.5 Å². The van der Waals surface area contributed by atoms with Crippen molar-refractivity contribution in [2.75, 3.05) is 0 Å². The van der Waals surface area contributed by atoms with E-state index < -0.39 is 0 Å². The van der Waals surface area contributed by atoms with E-state index in [0.717, 1.165) is 11.5 Å². The normalized spacial score (nSPS) is 17.5. The van der Waals surface area contributed by atoms with E-state index in [4.69, 9.17) is 9.47 Å². The summed E-state index contributed by atoms with van der Waals surface area (Å²) < 4.78 is 12.1. The van der Waals surface area contributed by atoms with Crippen LogP contribution in [0, 0.1) is 0 Å². The van der Waals surface area contributed by atoms with E-state index >= 15 is 0 Å². The zero-order valence-corrected chi connectivity index (χ0v) is 11.7. The van der Waals surface area contributed by atoms with E-state index in [1.54, 1.807) is 0 Å². The van der Waals surface area contributed by atoms with Crippen LogP contribution in [0.15, 0.2) is 24.3 Å². The van der Waals surface area contributed by atoms with Gasteiger partial charge in [-0.15, -0.1) is 0 Å². The molecule has 1 aliphatic carbocycles. The molecule has 0 amide bonds. The van der Waals surface area contributed by atoms with Crippen LogP contribution in [0.2, 0.25) is 0 Å². The molecule has 0 saturated heterocycles. The molecule has 0 spiro atoms. The Hall–Kier alpha value is -1.18. The van der Waals surface area contributed by atoms with Crippen LogP contribution in [0.1, 0.15) is 52.9 Å². The van der Waals surface area contributed by atoms with Crippen LogP contribution in [-0.2, 0) is 0 Å². The SMILES string of the molecule is CC(C)(C)Oc1ccccc1OC1CCCCC1. The molecular weight excluding hydrogens is 224 g/mol. The molecule has 100 valence electrons. The molecule has 1 fully saturated rings. The number of benzene rings is 1. The highest BCUT2D eigenvalue weighted by atomic mass is 16.5. The van der Waals surface area contributed by atoms with Gasteiger partial charge in [0.1, 0.15) is 5.60 Å². The van der Waals surface area contributed by atoms with Gasteiger partial charge in [-0.1, -0.05) is 18.6 Å². The molecule has 0 bridgehead atoms. The lowest BCUT2D eigenvalue weighted by molar-refractivity contribution is 0.107. The molecule has 18 heavy (non-hydrogen) atoms. The second-order valence-corrected chi connectivity index (χ2v) is 6.04. The molecule has 0 aliphatic heterocycles. The van der Waals surface area contributed by atoms with Crippen molar-refractivity contribution in [2.45, 2.75) is 64.6 Å². The van der Waals surface area contributed by atoms with Gasteiger partial charge in [0.05, 0.1) is 6.10 Å². The van der Waals surface area contributed by atoms with Gasteiger partial charge in [-0.3, -0.25) is 0 Å². The van der Waals surface area contributed by atoms with Crippen molar-refractivity contribution in [1.82, 2.24) is 0 Å². The fraction of sp³-hybridized carbons (Fsp3) is 0.625. The molecule has 2 nitrogen and oxygen atoms in total. The van der Waals surface area contributed by atoms with Gasteiger partial charge < -0.3 is 9.47 Å². The second kappa shape index (κ2) is 5.64. The largest absolute Gasteiger partial charge is 0.487 e. The van der Waals surface area contributed by atoms with Crippen LogP contribution in [0.4, 0.5) is 0 Å². The predicted octanol–water partition coefficient (Wildman–Crippen LogP) is 4.58. The van der Waals surface area contributed by atoms with Crippen molar-refractivity contribution in [1.29, 1.82) is 0 Å². The minimum Gasteiger partial charge on any atom is -0.487 e. The van der Waals surface area contributed by atoms with Crippen molar-refractivity contribution in [3.05, 3.63) is 24.3 Å². The Kier molecular flexibility index (Phi) is 4.15. The highest BCUT2D eigenvalue weighted by Gasteiger charge is 2.19.